The molecule has 1 rings (SSSR count). The number of anilines is 1. The minimum atomic E-state index is -0.563. The van der Waals surface area contributed by atoms with Gasteiger partial charge in [0.1, 0.15) is 12.1 Å². The summed E-state index contributed by atoms with van der Waals surface area (Å²) in [6, 6.07) is 3.34. The lowest BCUT2D eigenvalue weighted by Crippen LogP contribution is -2.24. The van der Waals surface area contributed by atoms with E-state index in [4.69, 9.17) is 5.26 Å². The van der Waals surface area contributed by atoms with E-state index in [2.05, 4.69) is 16.0 Å². The summed E-state index contributed by atoms with van der Waals surface area (Å²) in [6.07, 6.45) is 1.16. The van der Waals surface area contributed by atoms with E-state index < -0.39 is 5.95 Å². The Balaban J connectivity index is 2.70. The molecule has 0 bridgehead atoms. The molecule has 1 aromatic rings. The minimum absolute atomic E-state index is 0.113. The molecule has 0 aliphatic rings. The zero-order valence-electron chi connectivity index (χ0n) is 8.11. The highest BCUT2D eigenvalue weighted by Crippen LogP contribution is 2.09. The van der Waals surface area contributed by atoms with Gasteiger partial charge in [-0.05, 0) is 6.92 Å². The van der Waals surface area contributed by atoms with Gasteiger partial charge in [0.25, 0.3) is 0 Å². The maximum Gasteiger partial charge on any atom is 0.218 e. The molecule has 0 aliphatic heterocycles. The van der Waals surface area contributed by atoms with Crippen LogP contribution in [0.25, 0.3) is 0 Å². The third-order valence-electron chi connectivity index (χ3n) is 1.78. The van der Waals surface area contributed by atoms with Gasteiger partial charge in [-0.3, -0.25) is 0 Å². The van der Waals surface area contributed by atoms with Crippen LogP contribution in [0.4, 0.5) is 10.2 Å². The predicted molar refractivity (Wildman–Crippen MR) is 50.0 cm³/mol. The molecule has 0 amide bonds. The van der Waals surface area contributed by atoms with Gasteiger partial charge in [0.2, 0.25) is 5.95 Å². The molecule has 0 radical (unpaired) electrons. The van der Waals surface area contributed by atoms with E-state index in [0.717, 1.165) is 6.33 Å². The van der Waals surface area contributed by atoms with Crippen molar-refractivity contribution >= 4 is 5.82 Å². The summed E-state index contributed by atoms with van der Waals surface area (Å²) in [5.41, 5.74) is 0. The van der Waals surface area contributed by atoms with E-state index in [1.807, 2.05) is 0 Å². The van der Waals surface area contributed by atoms with Crippen LogP contribution in [0, 0.1) is 23.2 Å². The molecule has 4 nitrogen and oxygen atoms in total. The third kappa shape index (κ3) is 2.66. The standard InChI is InChI=1S/C9H11FN4/c1-7(4-11)5-14(2)9-3-8(10)12-6-13-9/h3,6-7H,5H2,1-2H3. The average Bonchev–Trinajstić information content (AvgIpc) is 2.17. The fraction of sp³-hybridized carbons (Fsp3) is 0.444. The van der Waals surface area contributed by atoms with E-state index in [9.17, 15) is 4.39 Å². The highest BCUT2D eigenvalue weighted by atomic mass is 19.1. The largest absolute Gasteiger partial charge is 0.358 e. The molecule has 1 atom stereocenters. The van der Waals surface area contributed by atoms with Crippen molar-refractivity contribution in [3.8, 4) is 6.07 Å². The topological polar surface area (TPSA) is 52.8 Å². The van der Waals surface area contributed by atoms with Gasteiger partial charge in [-0.15, -0.1) is 0 Å². The summed E-state index contributed by atoms with van der Waals surface area (Å²) in [4.78, 5) is 8.97. The molecule has 0 N–H and O–H groups in total. The molecule has 0 spiro atoms. The van der Waals surface area contributed by atoms with Crippen molar-refractivity contribution in [2.24, 2.45) is 5.92 Å². The molecule has 1 unspecified atom stereocenters. The minimum Gasteiger partial charge on any atom is -0.358 e. The molecule has 1 heterocycles. The van der Waals surface area contributed by atoms with Crippen molar-refractivity contribution in [3.63, 3.8) is 0 Å². The van der Waals surface area contributed by atoms with Crippen LogP contribution in [-0.2, 0) is 0 Å². The van der Waals surface area contributed by atoms with E-state index >= 15 is 0 Å². The first-order valence-corrected chi connectivity index (χ1v) is 4.21. The van der Waals surface area contributed by atoms with Crippen molar-refractivity contribution in [3.05, 3.63) is 18.3 Å². The van der Waals surface area contributed by atoms with Crippen LogP contribution in [0.15, 0.2) is 12.4 Å². The normalized spacial score (nSPS) is 11.9. The molecule has 0 fully saturated rings. The molecule has 5 heteroatoms. The lowest BCUT2D eigenvalue weighted by molar-refractivity contribution is 0.577. The molecule has 0 saturated carbocycles. The van der Waals surface area contributed by atoms with Crippen LogP contribution in [0.1, 0.15) is 6.92 Å². The van der Waals surface area contributed by atoms with Crippen LogP contribution >= 0.6 is 0 Å². The van der Waals surface area contributed by atoms with Crippen molar-refractivity contribution in [2.45, 2.75) is 6.92 Å². The first-order chi connectivity index (χ1) is 6.63. The first kappa shape index (κ1) is 10.4. The lowest BCUT2D eigenvalue weighted by Gasteiger charge is -2.18. The van der Waals surface area contributed by atoms with E-state index in [0.29, 0.717) is 12.4 Å². The molecule has 14 heavy (non-hydrogen) atoms. The third-order valence-corrected chi connectivity index (χ3v) is 1.78. The van der Waals surface area contributed by atoms with Crippen LogP contribution in [0.3, 0.4) is 0 Å². The summed E-state index contributed by atoms with van der Waals surface area (Å²) in [7, 11) is 1.76. The number of nitriles is 1. The zero-order chi connectivity index (χ0) is 10.6. The Kier molecular flexibility index (Phi) is 3.35. The first-order valence-electron chi connectivity index (χ1n) is 4.21. The Morgan fingerprint density at radius 3 is 2.93 bits per heavy atom. The smallest absolute Gasteiger partial charge is 0.218 e. The van der Waals surface area contributed by atoms with Gasteiger partial charge in [0, 0.05) is 19.7 Å². The number of hydrogen-bond donors (Lipinski definition) is 0. The summed E-state index contributed by atoms with van der Waals surface area (Å²) in [5.74, 6) is -0.191. The predicted octanol–water partition coefficient (Wildman–Crippen LogP) is 1.21. The summed E-state index contributed by atoms with van der Waals surface area (Å²) in [5, 5.41) is 8.60. The molecular weight excluding hydrogens is 183 g/mol. The highest BCUT2D eigenvalue weighted by molar-refractivity contribution is 5.35. The van der Waals surface area contributed by atoms with Crippen molar-refractivity contribution in [2.75, 3.05) is 18.5 Å². The van der Waals surface area contributed by atoms with Gasteiger partial charge in [0.05, 0.1) is 12.0 Å². The number of aromatic nitrogens is 2. The van der Waals surface area contributed by atoms with Crippen LogP contribution < -0.4 is 4.90 Å². The SMILES string of the molecule is CC(C#N)CN(C)c1cc(F)ncn1. The van der Waals surface area contributed by atoms with E-state index in [1.165, 1.54) is 6.07 Å². The Labute approximate surface area is 82.0 Å². The van der Waals surface area contributed by atoms with Gasteiger partial charge in [0.15, 0.2) is 0 Å². The molecular formula is C9H11FN4. The van der Waals surface area contributed by atoms with Crippen molar-refractivity contribution < 1.29 is 4.39 Å². The number of hydrogen-bond acceptors (Lipinski definition) is 4. The highest BCUT2D eigenvalue weighted by Gasteiger charge is 2.07. The van der Waals surface area contributed by atoms with E-state index in [1.54, 1.807) is 18.9 Å². The van der Waals surface area contributed by atoms with Crippen molar-refractivity contribution in [1.82, 2.24) is 9.97 Å². The van der Waals surface area contributed by atoms with E-state index in [-0.39, 0.29) is 5.92 Å². The molecule has 74 valence electrons. The van der Waals surface area contributed by atoms with Gasteiger partial charge in [-0.25, -0.2) is 9.97 Å². The quantitative estimate of drug-likeness (QED) is 0.679. The van der Waals surface area contributed by atoms with Crippen molar-refractivity contribution in [1.29, 1.82) is 5.26 Å². The average molecular weight is 194 g/mol. The Morgan fingerprint density at radius 1 is 1.64 bits per heavy atom. The van der Waals surface area contributed by atoms with Crippen LogP contribution in [0.5, 0.6) is 0 Å². The Morgan fingerprint density at radius 2 is 2.36 bits per heavy atom. The summed E-state index contributed by atoms with van der Waals surface area (Å²) < 4.78 is 12.7. The summed E-state index contributed by atoms with van der Waals surface area (Å²) in [6.45, 7) is 2.32. The Bertz CT molecular complexity index is 347. The monoisotopic (exact) mass is 194 g/mol. The second kappa shape index (κ2) is 4.51. The summed E-state index contributed by atoms with van der Waals surface area (Å²) >= 11 is 0. The van der Waals surface area contributed by atoms with Gasteiger partial charge in [-0.1, -0.05) is 0 Å². The second-order valence-corrected chi connectivity index (χ2v) is 3.11. The molecule has 0 aromatic carbocycles. The zero-order valence-corrected chi connectivity index (χ0v) is 8.11. The van der Waals surface area contributed by atoms with Gasteiger partial charge in [-0.2, -0.15) is 9.65 Å². The number of rotatable bonds is 3. The molecule has 1 aromatic heterocycles. The number of nitrogens with zero attached hydrogens (tertiary/aromatic N) is 4. The molecule has 0 saturated heterocycles. The maximum atomic E-state index is 12.7. The fourth-order valence-electron chi connectivity index (χ4n) is 1.08. The lowest BCUT2D eigenvalue weighted by atomic mass is 10.2. The maximum absolute atomic E-state index is 12.7. The van der Waals surface area contributed by atoms with Gasteiger partial charge >= 0.3 is 0 Å². The van der Waals surface area contributed by atoms with Crippen LogP contribution in [-0.4, -0.2) is 23.6 Å². The van der Waals surface area contributed by atoms with Crippen LogP contribution in [0.2, 0.25) is 0 Å². The fourth-order valence-corrected chi connectivity index (χ4v) is 1.08. The molecule has 0 aliphatic carbocycles. The number of halogens is 1. The van der Waals surface area contributed by atoms with Gasteiger partial charge < -0.3 is 4.90 Å². The second-order valence-electron chi connectivity index (χ2n) is 3.11. The Hall–Kier alpha value is -1.70.